The van der Waals surface area contributed by atoms with Crippen molar-refractivity contribution in [2.75, 3.05) is 35.9 Å². The fourth-order valence-electron chi connectivity index (χ4n) is 4.28. The molecule has 1 aliphatic rings. The van der Waals surface area contributed by atoms with Gasteiger partial charge in [-0.05, 0) is 50.6 Å². The Morgan fingerprint density at radius 1 is 1.09 bits per heavy atom. The van der Waals surface area contributed by atoms with Crippen molar-refractivity contribution in [3.8, 4) is 0 Å². The van der Waals surface area contributed by atoms with Gasteiger partial charge in [-0.2, -0.15) is 4.31 Å². The van der Waals surface area contributed by atoms with Crippen LogP contribution in [-0.4, -0.2) is 69.9 Å². The number of rotatable bonds is 7. The number of piperazine rings is 1. The maximum Gasteiger partial charge on any atom is 0.242 e. The first kappa shape index (κ1) is 26.6. The third-order valence-corrected chi connectivity index (χ3v) is 8.35. The lowest BCUT2D eigenvalue weighted by Crippen LogP contribution is -2.59. The van der Waals surface area contributed by atoms with E-state index in [4.69, 9.17) is 6.57 Å². The molecule has 0 unspecified atom stereocenters. The lowest BCUT2D eigenvalue weighted by molar-refractivity contribution is -0.118. The lowest BCUT2D eigenvalue weighted by atomic mass is 10.1. The van der Waals surface area contributed by atoms with E-state index >= 15 is 0 Å². The van der Waals surface area contributed by atoms with Gasteiger partial charge in [0.25, 0.3) is 0 Å². The van der Waals surface area contributed by atoms with Gasteiger partial charge in [-0.3, -0.25) is 14.4 Å². The first-order chi connectivity index (χ1) is 16.3. The summed E-state index contributed by atoms with van der Waals surface area (Å²) in [5.74, 6) is -0.287. The van der Waals surface area contributed by atoms with Crippen molar-refractivity contribution in [3.63, 3.8) is 0 Å². The number of hydrogen-bond acceptors (Lipinski definition) is 6. The Morgan fingerprint density at radius 2 is 1.74 bits per heavy atom. The van der Waals surface area contributed by atoms with Crippen molar-refractivity contribution < 1.29 is 21.6 Å². The van der Waals surface area contributed by atoms with Gasteiger partial charge in [-0.25, -0.2) is 21.7 Å². The van der Waals surface area contributed by atoms with Crippen LogP contribution in [0.15, 0.2) is 47.4 Å². The smallest absolute Gasteiger partial charge is 0.242 e. The van der Waals surface area contributed by atoms with Gasteiger partial charge in [0.2, 0.25) is 26.0 Å². The average molecular weight is 520 g/mol. The molecule has 0 aliphatic carbocycles. The number of anilines is 2. The minimum absolute atomic E-state index is 0.0545. The van der Waals surface area contributed by atoms with Gasteiger partial charge in [-0.15, -0.1) is 0 Å². The van der Waals surface area contributed by atoms with Crippen LogP contribution in [0.1, 0.15) is 19.4 Å². The number of carbonyl (C=O) groups is 1. The van der Waals surface area contributed by atoms with E-state index in [9.17, 15) is 21.6 Å². The van der Waals surface area contributed by atoms with Crippen LogP contribution in [0.4, 0.5) is 17.1 Å². The number of hydrogen-bond donors (Lipinski definition) is 2. The molecule has 0 radical (unpaired) electrons. The Bertz CT molecular complexity index is 1360. The summed E-state index contributed by atoms with van der Waals surface area (Å²) in [5.41, 5.74) is 1.87. The topological polar surface area (TPSA) is 120 Å². The van der Waals surface area contributed by atoms with Crippen LogP contribution in [-0.2, 0) is 24.8 Å². The lowest BCUT2D eigenvalue weighted by Gasteiger charge is -2.43. The normalized spacial score (nSPS) is 19.6. The standard InChI is InChI=1S/C23H29N5O5S2/c1-16-9-10-20(26-34(5,30)31)12-22(16)25-23(29)15-27-13-17(2)28(18(3)14-27)35(32,33)21-8-6-7-19(11-21)24-4/h6-12,17-18,26H,13-15H2,1-3,5H3,(H,25,29)/t17-,18+. The van der Waals surface area contributed by atoms with Gasteiger partial charge in [0, 0.05) is 30.9 Å². The van der Waals surface area contributed by atoms with Crippen LogP contribution in [0, 0.1) is 13.5 Å². The van der Waals surface area contributed by atoms with Crippen molar-refractivity contribution in [2.45, 2.75) is 37.8 Å². The van der Waals surface area contributed by atoms with Crippen molar-refractivity contribution in [1.82, 2.24) is 9.21 Å². The molecule has 188 valence electrons. The molecule has 0 bridgehead atoms. The molecule has 2 N–H and O–H groups in total. The number of carbonyl (C=O) groups excluding carboxylic acids is 1. The van der Waals surface area contributed by atoms with Gasteiger partial charge in [0.15, 0.2) is 5.69 Å². The van der Waals surface area contributed by atoms with Crippen LogP contribution in [0.5, 0.6) is 0 Å². The summed E-state index contributed by atoms with van der Waals surface area (Å²) in [6, 6.07) is 10.1. The van der Waals surface area contributed by atoms with Crippen molar-refractivity contribution >= 4 is 43.0 Å². The van der Waals surface area contributed by atoms with E-state index in [1.807, 2.05) is 4.90 Å². The minimum atomic E-state index is -3.81. The summed E-state index contributed by atoms with van der Waals surface area (Å²) in [6.45, 7) is 13.3. The Kier molecular flexibility index (Phi) is 7.86. The van der Waals surface area contributed by atoms with E-state index in [-0.39, 0.29) is 23.0 Å². The minimum Gasteiger partial charge on any atom is -0.325 e. The Hall–Kier alpha value is -2.98. The van der Waals surface area contributed by atoms with E-state index in [1.165, 1.54) is 16.4 Å². The molecule has 1 saturated heterocycles. The van der Waals surface area contributed by atoms with Crippen molar-refractivity contribution in [3.05, 3.63) is 59.4 Å². The zero-order valence-corrected chi connectivity index (χ0v) is 21.6. The molecule has 0 aromatic heterocycles. The van der Waals surface area contributed by atoms with E-state index < -0.39 is 32.1 Å². The fourth-order valence-corrected chi connectivity index (χ4v) is 6.68. The number of aryl methyl sites for hydroxylation is 1. The molecule has 1 amide bonds. The zero-order chi connectivity index (χ0) is 26.0. The van der Waals surface area contributed by atoms with Crippen LogP contribution < -0.4 is 10.0 Å². The van der Waals surface area contributed by atoms with Crippen molar-refractivity contribution in [2.24, 2.45) is 0 Å². The number of nitrogens with one attached hydrogen (secondary N) is 2. The molecule has 10 nitrogen and oxygen atoms in total. The summed E-state index contributed by atoms with van der Waals surface area (Å²) < 4.78 is 53.4. The quantitative estimate of drug-likeness (QED) is 0.543. The van der Waals surface area contributed by atoms with E-state index in [2.05, 4.69) is 14.9 Å². The summed E-state index contributed by atoms with van der Waals surface area (Å²) in [4.78, 5) is 18.0. The highest BCUT2D eigenvalue weighted by molar-refractivity contribution is 7.92. The highest BCUT2D eigenvalue weighted by Crippen LogP contribution is 2.28. The number of benzene rings is 2. The second-order valence-corrected chi connectivity index (χ2v) is 12.4. The molecule has 35 heavy (non-hydrogen) atoms. The SMILES string of the molecule is [C-]#[N+]c1cccc(S(=O)(=O)N2[C@H](C)CN(CC(=O)Nc3cc(NS(C)(=O)=O)ccc3C)C[C@@H]2C)c1. The molecule has 12 heteroatoms. The molecule has 2 aromatic carbocycles. The molecule has 0 saturated carbocycles. The third kappa shape index (κ3) is 6.58. The molecular weight excluding hydrogens is 490 g/mol. The number of sulfonamides is 2. The monoisotopic (exact) mass is 519 g/mol. The first-order valence-corrected chi connectivity index (χ1v) is 14.2. The zero-order valence-electron chi connectivity index (χ0n) is 20.0. The molecule has 3 rings (SSSR count). The predicted octanol–water partition coefficient (Wildman–Crippen LogP) is 2.64. The fraction of sp³-hybridized carbons (Fsp3) is 0.391. The molecule has 2 atom stereocenters. The molecule has 1 heterocycles. The van der Waals surface area contributed by atoms with Gasteiger partial charge in [0.1, 0.15) is 0 Å². The molecule has 2 aromatic rings. The largest absolute Gasteiger partial charge is 0.325 e. The summed E-state index contributed by atoms with van der Waals surface area (Å²) in [7, 11) is -7.26. The first-order valence-electron chi connectivity index (χ1n) is 10.9. The van der Waals surface area contributed by atoms with Crippen molar-refractivity contribution in [1.29, 1.82) is 0 Å². The number of amides is 1. The van der Waals surface area contributed by atoms with Crippen LogP contribution in [0.2, 0.25) is 0 Å². The highest BCUT2D eigenvalue weighted by atomic mass is 32.2. The maximum atomic E-state index is 13.3. The Morgan fingerprint density at radius 3 is 2.34 bits per heavy atom. The van der Waals surface area contributed by atoms with E-state index in [0.29, 0.717) is 24.5 Å². The average Bonchev–Trinajstić information content (AvgIpc) is 2.74. The third-order valence-electron chi connectivity index (χ3n) is 5.62. The van der Waals surface area contributed by atoms with E-state index in [1.54, 1.807) is 51.1 Å². The van der Waals surface area contributed by atoms with Gasteiger partial charge in [-0.1, -0.05) is 18.2 Å². The van der Waals surface area contributed by atoms with E-state index in [0.717, 1.165) is 11.8 Å². The second kappa shape index (κ2) is 10.3. The molecule has 0 spiro atoms. The van der Waals surface area contributed by atoms with Crippen LogP contribution in [0.3, 0.4) is 0 Å². The summed E-state index contributed by atoms with van der Waals surface area (Å²) >= 11 is 0. The summed E-state index contributed by atoms with van der Waals surface area (Å²) in [5, 5.41) is 2.82. The maximum absolute atomic E-state index is 13.3. The Labute approximate surface area is 206 Å². The van der Waals surface area contributed by atoms with Crippen LogP contribution >= 0.6 is 0 Å². The van der Waals surface area contributed by atoms with Gasteiger partial charge in [0.05, 0.1) is 30.0 Å². The van der Waals surface area contributed by atoms with Gasteiger partial charge >= 0.3 is 0 Å². The second-order valence-electron chi connectivity index (χ2n) is 8.79. The molecular formula is C23H29N5O5S2. The number of nitrogens with zero attached hydrogens (tertiary/aromatic N) is 3. The van der Waals surface area contributed by atoms with Crippen LogP contribution in [0.25, 0.3) is 4.85 Å². The Balaban J connectivity index is 1.69. The van der Waals surface area contributed by atoms with Gasteiger partial charge < -0.3 is 5.32 Å². The molecule has 1 fully saturated rings. The summed E-state index contributed by atoms with van der Waals surface area (Å²) in [6.07, 6.45) is 1.05. The predicted molar refractivity (Wildman–Crippen MR) is 135 cm³/mol. The highest BCUT2D eigenvalue weighted by Gasteiger charge is 2.38. The molecule has 1 aliphatic heterocycles.